The standard InChI is InChI=1S/C19H16N4O4S2/c1-28(24,25)19-21-11-14(12-22-19)10-15-13-23(18-17(15)8-5-9-20-18)29(26,27)16-6-3-2-4-7-16/h2-9,11-13H,10H2,1H3. The molecule has 0 aliphatic heterocycles. The summed E-state index contributed by atoms with van der Waals surface area (Å²) in [6, 6.07) is 11.6. The zero-order chi connectivity index (χ0) is 20.6. The van der Waals surface area contributed by atoms with E-state index in [0.29, 0.717) is 28.6 Å². The number of rotatable bonds is 5. The monoisotopic (exact) mass is 428 g/mol. The molecule has 0 fully saturated rings. The molecule has 0 amide bonds. The molecule has 0 aliphatic rings. The summed E-state index contributed by atoms with van der Waals surface area (Å²) >= 11 is 0. The van der Waals surface area contributed by atoms with Crippen LogP contribution in [0.15, 0.2) is 77.3 Å². The Kier molecular flexibility index (Phi) is 4.67. The van der Waals surface area contributed by atoms with Crippen LogP contribution in [0, 0.1) is 0 Å². The second kappa shape index (κ2) is 7.05. The first-order valence-corrected chi connectivity index (χ1v) is 11.9. The number of nitrogens with zero attached hydrogens (tertiary/aromatic N) is 4. The molecule has 4 rings (SSSR count). The quantitative estimate of drug-likeness (QED) is 0.447. The highest BCUT2D eigenvalue weighted by Gasteiger charge is 2.22. The number of aromatic nitrogens is 4. The smallest absolute Gasteiger partial charge is 0.237 e. The van der Waals surface area contributed by atoms with Gasteiger partial charge >= 0.3 is 0 Å². The lowest BCUT2D eigenvalue weighted by Crippen LogP contribution is -2.12. The Bertz CT molecular complexity index is 1400. The van der Waals surface area contributed by atoms with Gasteiger partial charge in [0.25, 0.3) is 10.0 Å². The van der Waals surface area contributed by atoms with Gasteiger partial charge < -0.3 is 0 Å². The number of benzene rings is 1. The maximum atomic E-state index is 13.1. The zero-order valence-corrected chi connectivity index (χ0v) is 16.9. The maximum absolute atomic E-state index is 13.1. The molecule has 0 unspecified atom stereocenters. The van der Waals surface area contributed by atoms with Crippen molar-refractivity contribution in [3.05, 3.63) is 78.4 Å². The third-order valence-corrected chi connectivity index (χ3v) is 6.86. The van der Waals surface area contributed by atoms with Crippen LogP contribution in [0.4, 0.5) is 0 Å². The van der Waals surface area contributed by atoms with Crippen LogP contribution >= 0.6 is 0 Å². The number of hydrogen-bond donors (Lipinski definition) is 0. The minimum Gasteiger partial charge on any atom is -0.237 e. The highest BCUT2D eigenvalue weighted by atomic mass is 32.2. The first-order chi connectivity index (χ1) is 13.8. The molecule has 4 aromatic rings. The second-order valence-electron chi connectivity index (χ2n) is 6.47. The Morgan fingerprint density at radius 3 is 2.24 bits per heavy atom. The summed E-state index contributed by atoms with van der Waals surface area (Å²) in [5, 5.41) is 0.427. The van der Waals surface area contributed by atoms with Gasteiger partial charge in [0.2, 0.25) is 15.0 Å². The third kappa shape index (κ3) is 3.64. The fourth-order valence-electron chi connectivity index (χ4n) is 2.97. The molecule has 0 radical (unpaired) electrons. The van der Waals surface area contributed by atoms with Crippen LogP contribution < -0.4 is 0 Å². The Labute approximate surface area is 167 Å². The highest BCUT2D eigenvalue weighted by Crippen LogP contribution is 2.26. The van der Waals surface area contributed by atoms with Gasteiger partial charge in [0, 0.05) is 42.9 Å². The van der Waals surface area contributed by atoms with E-state index in [2.05, 4.69) is 15.0 Å². The second-order valence-corrected chi connectivity index (χ2v) is 10.2. The van der Waals surface area contributed by atoms with Crippen molar-refractivity contribution in [3.63, 3.8) is 0 Å². The van der Waals surface area contributed by atoms with Crippen molar-refractivity contribution >= 4 is 30.9 Å². The van der Waals surface area contributed by atoms with Gasteiger partial charge in [-0.2, -0.15) is 0 Å². The molecule has 10 heteroatoms. The summed E-state index contributed by atoms with van der Waals surface area (Å²) in [7, 11) is -7.31. The van der Waals surface area contributed by atoms with E-state index in [4.69, 9.17) is 0 Å². The van der Waals surface area contributed by atoms with Crippen LogP contribution in [-0.4, -0.2) is 42.0 Å². The van der Waals surface area contributed by atoms with E-state index in [-0.39, 0.29) is 10.1 Å². The molecule has 3 aromatic heterocycles. The highest BCUT2D eigenvalue weighted by molar-refractivity contribution is 7.90. The molecule has 148 valence electrons. The Morgan fingerprint density at radius 1 is 0.897 bits per heavy atom. The molecule has 1 aromatic carbocycles. The maximum Gasteiger partial charge on any atom is 0.269 e. The lowest BCUT2D eigenvalue weighted by molar-refractivity contribution is 0.588. The first kappa shape index (κ1) is 19.2. The topological polar surface area (TPSA) is 112 Å². The molecular formula is C19H16N4O4S2. The van der Waals surface area contributed by atoms with Crippen LogP contribution in [0.5, 0.6) is 0 Å². The van der Waals surface area contributed by atoms with Crippen LogP contribution in [0.1, 0.15) is 11.1 Å². The van der Waals surface area contributed by atoms with Crippen molar-refractivity contribution in [1.82, 2.24) is 18.9 Å². The van der Waals surface area contributed by atoms with Crippen LogP contribution in [-0.2, 0) is 26.3 Å². The van der Waals surface area contributed by atoms with Gasteiger partial charge in [-0.25, -0.2) is 35.8 Å². The lowest BCUT2D eigenvalue weighted by atomic mass is 10.1. The van der Waals surface area contributed by atoms with E-state index in [1.807, 2.05) is 0 Å². The number of fused-ring (bicyclic) bond motifs is 1. The largest absolute Gasteiger partial charge is 0.269 e. The summed E-state index contributed by atoms with van der Waals surface area (Å²) in [5.41, 5.74) is 1.68. The minimum atomic E-state index is -3.82. The normalized spacial score (nSPS) is 12.3. The molecule has 8 nitrogen and oxygen atoms in total. The fourth-order valence-corrected chi connectivity index (χ4v) is 4.83. The van der Waals surface area contributed by atoms with Crippen molar-refractivity contribution in [2.75, 3.05) is 6.26 Å². The van der Waals surface area contributed by atoms with Crippen molar-refractivity contribution in [3.8, 4) is 0 Å². The molecule has 0 atom stereocenters. The van der Waals surface area contributed by atoms with E-state index >= 15 is 0 Å². The van der Waals surface area contributed by atoms with E-state index in [9.17, 15) is 16.8 Å². The third-order valence-electron chi connectivity index (χ3n) is 4.32. The molecule has 0 saturated carbocycles. The number of hydrogen-bond acceptors (Lipinski definition) is 7. The molecule has 3 heterocycles. The van der Waals surface area contributed by atoms with E-state index in [0.717, 1.165) is 6.26 Å². The van der Waals surface area contributed by atoms with Crippen molar-refractivity contribution in [1.29, 1.82) is 0 Å². The van der Waals surface area contributed by atoms with Crippen molar-refractivity contribution in [2.45, 2.75) is 16.5 Å². The Hall–Kier alpha value is -3.11. The molecule has 0 aliphatic carbocycles. The van der Waals surface area contributed by atoms with E-state index in [1.54, 1.807) is 30.3 Å². The molecule has 0 N–H and O–H groups in total. The lowest BCUT2D eigenvalue weighted by Gasteiger charge is -2.06. The van der Waals surface area contributed by atoms with Gasteiger partial charge in [-0.3, -0.25) is 0 Å². The van der Waals surface area contributed by atoms with Gasteiger partial charge in [-0.1, -0.05) is 18.2 Å². The van der Waals surface area contributed by atoms with Crippen LogP contribution in [0.2, 0.25) is 0 Å². The Morgan fingerprint density at radius 2 is 1.59 bits per heavy atom. The summed E-state index contributed by atoms with van der Waals surface area (Å²) in [4.78, 5) is 12.2. The predicted molar refractivity (Wildman–Crippen MR) is 107 cm³/mol. The van der Waals surface area contributed by atoms with Gasteiger partial charge in [0.15, 0.2) is 5.65 Å². The zero-order valence-electron chi connectivity index (χ0n) is 15.3. The van der Waals surface area contributed by atoms with Crippen molar-refractivity contribution in [2.24, 2.45) is 0 Å². The van der Waals surface area contributed by atoms with E-state index in [1.165, 1.54) is 40.9 Å². The molecular weight excluding hydrogens is 412 g/mol. The van der Waals surface area contributed by atoms with Crippen molar-refractivity contribution < 1.29 is 16.8 Å². The average molecular weight is 428 g/mol. The average Bonchev–Trinajstić information content (AvgIpc) is 3.08. The Balaban J connectivity index is 1.79. The summed E-state index contributed by atoms with van der Waals surface area (Å²) in [6.07, 6.45) is 7.28. The van der Waals surface area contributed by atoms with E-state index < -0.39 is 19.9 Å². The number of pyridine rings is 1. The number of sulfone groups is 1. The minimum absolute atomic E-state index is 0.162. The molecule has 29 heavy (non-hydrogen) atoms. The van der Waals surface area contributed by atoms with Gasteiger partial charge in [0.05, 0.1) is 4.90 Å². The summed E-state index contributed by atoms with van der Waals surface area (Å²) < 4.78 is 50.4. The SMILES string of the molecule is CS(=O)(=O)c1ncc(Cc2cn(S(=O)(=O)c3ccccc3)c3ncccc23)cn1. The fraction of sp³-hybridized carbons (Fsp3) is 0.105. The predicted octanol–water partition coefficient (Wildman–Crippen LogP) is 2.06. The van der Waals surface area contributed by atoms with Crippen LogP contribution in [0.3, 0.4) is 0 Å². The summed E-state index contributed by atoms with van der Waals surface area (Å²) in [5.74, 6) is 0. The molecule has 0 spiro atoms. The van der Waals surface area contributed by atoms with Gasteiger partial charge in [-0.15, -0.1) is 0 Å². The summed E-state index contributed by atoms with van der Waals surface area (Å²) in [6.45, 7) is 0. The molecule has 0 bridgehead atoms. The van der Waals surface area contributed by atoms with Gasteiger partial charge in [-0.05, 0) is 35.4 Å². The molecule has 0 saturated heterocycles. The van der Waals surface area contributed by atoms with Gasteiger partial charge in [0.1, 0.15) is 0 Å². The van der Waals surface area contributed by atoms with Crippen LogP contribution in [0.25, 0.3) is 11.0 Å². The first-order valence-electron chi connectivity index (χ1n) is 8.53.